The van der Waals surface area contributed by atoms with Crippen LogP contribution in [-0.4, -0.2) is 22.8 Å². The average molecular weight is 461 g/mol. The van der Waals surface area contributed by atoms with Gasteiger partial charge in [-0.25, -0.2) is 0 Å². The predicted octanol–water partition coefficient (Wildman–Crippen LogP) is 6.17. The van der Waals surface area contributed by atoms with E-state index in [1.165, 1.54) is 6.42 Å². The average Bonchev–Trinajstić information content (AvgIpc) is 2.85. The van der Waals surface area contributed by atoms with E-state index < -0.39 is 6.04 Å². The van der Waals surface area contributed by atoms with Crippen LogP contribution in [0.3, 0.4) is 0 Å². The van der Waals surface area contributed by atoms with E-state index in [2.05, 4.69) is 5.32 Å². The highest BCUT2D eigenvalue weighted by atomic mass is 35.5. The third-order valence-electron chi connectivity index (χ3n) is 6.15. The zero-order valence-corrected chi connectivity index (χ0v) is 19.4. The van der Waals surface area contributed by atoms with Crippen LogP contribution < -0.4 is 5.32 Å². The highest BCUT2D eigenvalue weighted by Gasteiger charge is 2.33. The van der Waals surface area contributed by atoms with Gasteiger partial charge in [0.1, 0.15) is 6.04 Å². The van der Waals surface area contributed by atoms with Gasteiger partial charge in [-0.3, -0.25) is 9.59 Å². The molecule has 0 saturated heterocycles. The van der Waals surface area contributed by atoms with Crippen molar-refractivity contribution >= 4 is 23.4 Å². The smallest absolute Gasteiger partial charge is 0.255 e. The SMILES string of the molecule is O=C(NC1CCCCC1)C(c1cccc(Cl)c1)N(Cc1ccccc1)C(=O)c1ccccc1. The molecule has 1 aliphatic rings. The van der Waals surface area contributed by atoms with Crippen molar-refractivity contribution in [2.45, 2.75) is 50.7 Å². The first-order valence-electron chi connectivity index (χ1n) is 11.6. The normalized spacial score (nSPS) is 14.9. The van der Waals surface area contributed by atoms with Gasteiger partial charge in [0, 0.05) is 23.2 Å². The van der Waals surface area contributed by atoms with E-state index in [0.29, 0.717) is 22.7 Å². The van der Waals surface area contributed by atoms with Gasteiger partial charge in [-0.1, -0.05) is 91.5 Å². The van der Waals surface area contributed by atoms with Gasteiger partial charge in [0.15, 0.2) is 0 Å². The first kappa shape index (κ1) is 23.1. The van der Waals surface area contributed by atoms with Gasteiger partial charge in [0.25, 0.3) is 5.91 Å². The van der Waals surface area contributed by atoms with Crippen molar-refractivity contribution < 1.29 is 9.59 Å². The Bertz CT molecular complexity index is 1070. The Labute approximate surface area is 200 Å². The minimum Gasteiger partial charge on any atom is -0.351 e. The number of hydrogen-bond donors (Lipinski definition) is 1. The first-order chi connectivity index (χ1) is 16.1. The maximum atomic E-state index is 13.8. The van der Waals surface area contributed by atoms with Crippen LogP contribution in [0.2, 0.25) is 5.02 Å². The Balaban J connectivity index is 1.73. The summed E-state index contributed by atoms with van der Waals surface area (Å²) in [5.74, 6) is -0.354. The number of nitrogens with one attached hydrogen (secondary N) is 1. The van der Waals surface area contributed by atoms with Crippen LogP contribution in [0.25, 0.3) is 0 Å². The monoisotopic (exact) mass is 460 g/mol. The summed E-state index contributed by atoms with van der Waals surface area (Å²) in [5, 5.41) is 3.77. The molecule has 0 radical (unpaired) electrons. The molecule has 2 amide bonds. The van der Waals surface area contributed by atoms with Gasteiger partial charge >= 0.3 is 0 Å². The molecule has 1 N–H and O–H groups in total. The van der Waals surface area contributed by atoms with Crippen LogP contribution >= 0.6 is 11.6 Å². The van der Waals surface area contributed by atoms with Crippen molar-refractivity contribution in [2.75, 3.05) is 0 Å². The van der Waals surface area contributed by atoms with Crippen molar-refractivity contribution in [1.29, 1.82) is 0 Å². The molecule has 33 heavy (non-hydrogen) atoms. The molecule has 1 aliphatic carbocycles. The lowest BCUT2D eigenvalue weighted by atomic mass is 9.94. The summed E-state index contributed by atoms with van der Waals surface area (Å²) in [5.41, 5.74) is 2.21. The zero-order valence-electron chi connectivity index (χ0n) is 18.6. The second-order valence-electron chi connectivity index (χ2n) is 8.59. The van der Waals surface area contributed by atoms with Gasteiger partial charge in [-0.05, 0) is 48.2 Å². The van der Waals surface area contributed by atoms with Gasteiger partial charge in [0.05, 0.1) is 0 Å². The fourth-order valence-corrected chi connectivity index (χ4v) is 4.68. The van der Waals surface area contributed by atoms with E-state index in [1.807, 2.05) is 60.7 Å². The summed E-state index contributed by atoms with van der Waals surface area (Å²) < 4.78 is 0. The van der Waals surface area contributed by atoms with Gasteiger partial charge in [-0.2, -0.15) is 0 Å². The quantitative estimate of drug-likeness (QED) is 0.458. The van der Waals surface area contributed by atoms with E-state index >= 15 is 0 Å². The number of halogens is 1. The van der Waals surface area contributed by atoms with E-state index in [1.54, 1.807) is 29.2 Å². The topological polar surface area (TPSA) is 49.4 Å². The number of benzene rings is 3. The first-order valence-corrected chi connectivity index (χ1v) is 12.0. The molecule has 0 bridgehead atoms. The molecule has 1 unspecified atom stereocenters. The van der Waals surface area contributed by atoms with E-state index in [-0.39, 0.29) is 17.9 Å². The lowest BCUT2D eigenvalue weighted by molar-refractivity contribution is -0.127. The summed E-state index contributed by atoms with van der Waals surface area (Å²) in [4.78, 5) is 29.2. The minimum atomic E-state index is -0.793. The Kier molecular flexibility index (Phi) is 7.79. The molecular formula is C28H29ClN2O2. The molecule has 1 atom stereocenters. The fourth-order valence-electron chi connectivity index (χ4n) is 4.48. The third-order valence-corrected chi connectivity index (χ3v) is 6.39. The molecule has 170 valence electrons. The van der Waals surface area contributed by atoms with E-state index in [0.717, 1.165) is 31.2 Å². The third kappa shape index (κ3) is 6.02. The van der Waals surface area contributed by atoms with Crippen LogP contribution in [0.1, 0.15) is 59.6 Å². The lowest BCUT2D eigenvalue weighted by Gasteiger charge is -2.33. The van der Waals surface area contributed by atoms with Crippen LogP contribution in [0.5, 0.6) is 0 Å². The molecule has 0 aromatic heterocycles. The molecule has 4 rings (SSSR count). The largest absolute Gasteiger partial charge is 0.351 e. The number of carbonyl (C=O) groups excluding carboxylic acids is 2. The maximum absolute atomic E-state index is 13.8. The molecule has 1 saturated carbocycles. The Morgan fingerprint density at radius 1 is 0.879 bits per heavy atom. The van der Waals surface area contributed by atoms with E-state index in [9.17, 15) is 9.59 Å². The highest BCUT2D eigenvalue weighted by Crippen LogP contribution is 2.29. The molecule has 0 spiro atoms. The number of amides is 2. The minimum absolute atomic E-state index is 0.137. The molecule has 4 nitrogen and oxygen atoms in total. The van der Waals surface area contributed by atoms with Crippen LogP contribution in [0, 0.1) is 0 Å². The van der Waals surface area contributed by atoms with Crippen molar-refractivity contribution in [3.8, 4) is 0 Å². The number of nitrogens with zero attached hydrogens (tertiary/aromatic N) is 1. The predicted molar refractivity (Wildman–Crippen MR) is 132 cm³/mol. The summed E-state index contributed by atoms with van der Waals surface area (Å²) in [6, 6.07) is 25.5. The number of rotatable bonds is 7. The van der Waals surface area contributed by atoms with Crippen molar-refractivity contribution in [3.05, 3.63) is 107 Å². The Hall–Kier alpha value is -3.11. The summed E-state index contributed by atoms with van der Waals surface area (Å²) in [6.45, 7) is 0.309. The summed E-state index contributed by atoms with van der Waals surface area (Å²) in [6.07, 6.45) is 5.38. The van der Waals surface area contributed by atoms with Crippen molar-refractivity contribution in [2.24, 2.45) is 0 Å². The fraction of sp³-hybridized carbons (Fsp3) is 0.286. The lowest BCUT2D eigenvalue weighted by Crippen LogP contribution is -2.46. The van der Waals surface area contributed by atoms with Crippen molar-refractivity contribution in [1.82, 2.24) is 10.2 Å². The van der Waals surface area contributed by atoms with Gasteiger partial charge in [-0.15, -0.1) is 0 Å². The highest BCUT2D eigenvalue weighted by molar-refractivity contribution is 6.30. The molecular weight excluding hydrogens is 432 g/mol. The Morgan fingerprint density at radius 2 is 1.55 bits per heavy atom. The molecule has 1 fully saturated rings. The van der Waals surface area contributed by atoms with Crippen LogP contribution in [0.15, 0.2) is 84.9 Å². The standard InChI is InChI=1S/C28H29ClN2O2/c29-24-16-10-15-23(19-24)26(27(32)30-25-17-8-3-9-18-25)31(20-21-11-4-1-5-12-21)28(33)22-13-6-2-7-14-22/h1-2,4-7,10-16,19,25-26H,3,8-9,17-18,20H2,(H,30,32). The molecule has 5 heteroatoms. The molecule has 3 aromatic carbocycles. The van der Waals surface area contributed by atoms with E-state index in [4.69, 9.17) is 11.6 Å². The zero-order chi connectivity index (χ0) is 23.0. The summed E-state index contributed by atoms with van der Waals surface area (Å²) in [7, 11) is 0. The number of hydrogen-bond acceptors (Lipinski definition) is 2. The number of carbonyl (C=O) groups is 2. The van der Waals surface area contributed by atoms with Gasteiger partial charge in [0.2, 0.25) is 5.91 Å². The van der Waals surface area contributed by atoms with Gasteiger partial charge < -0.3 is 10.2 Å². The second kappa shape index (κ2) is 11.2. The second-order valence-corrected chi connectivity index (χ2v) is 9.02. The summed E-state index contributed by atoms with van der Waals surface area (Å²) >= 11 is 6.31. The maximum Gasteiger partial charge on any atom is 0.255 e. The van der Waals surface area contributed by atoms with Crippen LogP contribution in [0.4, 0.5) is 0 Å². The van der Waals surface area contributed by atoms with Crippen molar-refractivity contribution in [3.63, 3.8) is 0 Å². The van der Waals surface area contributed by atoms with Crippen LogP contribution in [-0.2, 0) is 11.3 Å². The molecule has 3 aromatic rings. The molecule has 0 aliphatic heterocycles. The Morgan fingerprint density at radius 3 is 2.21 bits per heavy atom. The molecule has 0 heterocycles.